The molecular formula is C23H44O5. The molecule has 1 aliphatic rings. The van der Waals surface area contributed by atoms with Crippen molar-refractivity contribution in [2.45, 2.75) is 122 Å². The van der Waals surface area contributed by atoms with Crippen LogP contribution in [0, 0.1) is 0 Å². The van der Waals surface area contributed by atoms with Gasteiger partial charge in [-0.15, -0.1) is 0 Å². The fourth-order valence-corrected chi connectivity index (χ4v) is 3.57. The first kappa shape index (κ1) is 25.3. The maximum Gasteiger partial charge on any atom is 0.165 e. The van der Waals surface area contributed by atoms with Gasteiger partial charge in [0.2, 0.25) is 0 Å². The molecule has 0 amide bonds. The third kappa shape index (κ3) is 13.4. The summed E-state index contributed by atoms with van der Waals surface area (Å²) >= 11 is 0. The van der Waals surface area contributed by atoms with Crippen molar-refractivity contribution in [2.24, 2.45) is 0 Å². The zero-order valence-corrected chi connectivity index (χ0v) is 18.0. The summed E-state index contributed by atoms with van der Waals surface area (Å²) in [5, 5.41) is 28.8. The number of hydrogen-bond acceptors (Lipinski definition) is 5. The molecule has 0 aromatic rings. The lowest BCUT2D eigenvalue weighted by Gasteiger charge is -2.23. The lowest BCUT2D eigenvalue weighted by Crippen LogP contribution is -2.26. The number of aliphatic hydroxyl groups is 3. The quantitative estimate of drug-likeness (QED) is 0.235. The van der Waals surface area contributed by atoms with E-state index >= 15 is 0 Å². The highest BCUT2D eigenvalue weighted by atomic mass is 16.7. The van der Waals surface area contributed by atoms with Crippen LogP contribution in [0.15, 0.2) is 11.5 Å². The van der Waals surface area contributed by atoms with E-state index in [9.17, 15) is 15.3 Å². The minimum atomic E-state index is -0.528. The molecule has 166 valence electrons. The average molecular weight is 401 g/mol. The minimum absolute atomic E-state index is 0.0159. The standard InChI is InChI=1S/C23H44O5/c1-2-3-4-5-6-7-8-9-10-11-12-13-14-15-20(24)16-17-27-23-18-21(25)22(26)19-28-23/h20,23-26H,2-19H2,1H3/t20-,23?/m1/s1. The molecule has 0 aliphatic carbocycles. The van der Waals surface area contributed by atoms with E-state index in [4.69, 9.17) is 9.47 Å². The number of ether oxygens (including phenoxy) is 2. The van der Waals surface area contributed by atoms with Crippen LogP contribution in [0.1, 0.15) is 110 Å². The Labute approximate surface area is 172 Å². The number of rotatable bonds is 18. The van der Waals surface area contributed by atoms with E-state index in [1.165, 1.54) is 77.0 Å². The summed E-state index contributed by atoms with van der Waals surface area (Å²) in [7, 11) is 0. The van der Waals surface area contributed by atoms with Crippen LogP contribution in [0.4, 0.5) is 0 Å². The summed E-state index contributed by atoms with van der Waals surface area (Å²) in [5.41, 5.74) is 0. The molecule has 0 aromatic carbocycles. The van der Waals surface area contributed by atoms with Crippen LogP contribution in [0.5, 0.6) is 0 Å². The van der Waals surface area contributed by atoms with Gasteiger partial charge in [0.25, 0.3) is 0 Å². The summed E-state index contributed by atoms with van der Waals surface area (Å²) in [4.78, 5) is 0. The van der Waals surface area contributed by atoms with Gasteiger partial charge < -0.3 is 24.8 Å². The molecule has 0 saturated carbocycles. The summed E-state index contributed by atoms with van der Waals surface area (Å²) in [5.74, 6) is -0.189. The molecule has 0 spiro atoms. The van der Waals surface area contributed by atoms with E-state index in [2.05, 4.69) is 6.92 Å². The van der Waals surface area contributed by atoms with E-state index in [0.717, 1.165) is 12.8 Å². The Balaban J connectivity index is 1.81. The molecule has 0 radical (unpaired) electrons. The highest BCUT2D eigenvalue weighted by molar-refractivity contribution is 5.02. The Morgan fingerprint density at radius 3 is 1.89 bits per heavy atom. The molecule has 0 aromatic heterocycles. The third-order valence-electron chi connectivity index (χ3n) is 5.49. The van der Waals surface area contributed by atoms with Crippen LogP contribution in [0.3, 0.4) is 0 Å². The van der Waals surface area contributed by atoms with Crippen LogP contribution < -0.4 is 0 Å². The third-order valence-corrected chi connectivity index (χ3v) is 5.49. The van der Waals surface area contributed by atoms with Crippen molar-refractivity contribution in [3.05, 3.63) is 11.5 Å². The topological polar surface area (TPSA) is 79.2 Å². The van der Waals surface area contributed by atoms with Gasteiger partial charge in [0.1, 0.15) is 12.4 Å². The van der Waals surface area contributed by atoms with E-state index in [-0.39, 0.29) is 30.6 Å². The lowest BCUT2D eigenvalue weighted by atomic mass is 10.0. The van der Waals surface area contributed by atoms with Gasteiger partial charge >= 0.3 is 0 Å². The van der Waals surface area contributed by atoms with Gasteiger partial charge in [-0.3, -0.25) is 0 Å². The molecule has 1 rings (SSSR count). The molecule has 28 heavy (non-hydrogen) atoms. The Hall–Kier alpha value is -0.780. The fraction of sp³-hybridized carbons (Fsp3) is 0.913. The van der Waals surface area contributed by atoms with Crippen molar-refractivity contribution < 1.29 is 24.8 Å². The molecule has 3 N–H and O–H groups in total. The van der Waals surface area contributed by atoms with Gasteiger partial charge in [0, 0.05) is 0 Å². The van der Waals surface area contributed by atoms with Crippen molar-refractivity contribution in [1.82, 2.24) is 0 Å². The second-order valence-corrected chi connectivity index (χ2v) is 8.18. The zero-order valence-electron chi connectivity index (χ0n) is 18.0. The minimum Gasteiger partial charge on any atom is -0.509 e. The van der Waals surface area contributed by atoms with Gasteiger partial charge in [0.15, 0.2) is 12.0 Å². The first-order valence-corrected chi connectivity index (χ1v) is 11.6. The van der Waals surface area contributed by atoms with Gasteiger partial charge in [-0.1, -0.05) is 90.4 Å². The first-order valence-electron chi connectivity index (χ1n) is 11.6. The normalized spacial score (nSPS) is 18.6. The predicted octanol–water partition coefficient (Wildman–Crippen LogP) is 6.31. The van der Waals surface area contributed by atoms with Crippen LogP contribution in [0.25, 0.3) is 0 Å². The lowest BCUT2D eigenvalue weighted by molar-refractivity contribution is -0.156. The van der Waals surface area contributed by atoms with Crippen LogP contribution in [-0.2, 0) is 9.47 Å². The van der Waals surface area contributed by atoms with Crippen molar-refractivity contribution in [3.63, 3.8) is 0 Å². The van der Waals surface area contributed by atoms with Crippen LogP contribution in [0.2, 0.25) is 0 Å². The zero-order chi connectivity index (χ0) is 20.5. The maximum absolute atomic E-state index is 10.0. The fourth-order valence-electron chi connectivity index (χ4n) is 3.57. The van der Waals surface area contributed by atoms with E-state index < -0.39 is 6.29 Å². The molecule has 2 atom stereocenters. The van der Waals surface area contributed by atoms with Crippen LogP contribution >= 0.6 is 0 Å². The molecule has 0 bridgehead atoms. The van der Waals surface area contributed by atoms with Crippen LogP contribution in [-0.4, -0.2) is 40.9 Å². The highest BCUT2D eigenvalue weighted by Gasteiger charge is 2.21. The largest absolute Gasteiger partial charge is 0.509 e. The number of unbranched alkanes of at least 4 members (excludes halogenated alkanes) is 12. The van der Waals surface area contributed by atoms with Gasteiger partial charge in [-0.05, 0) is 12.8 Å². The number of aliphatic hydroxyl groups excluding tert-OH is 3. The number of hydrogen-bond donors (Lipinski definition) is 3. The van der Waals surface area contributed by atoms with Gasteiger partial charge in [-0.2, -0.15) is 0 Å². The summed E-state index contributed by atoms with van der Waals surface area (Å²) in [6, 6.07) is 0. The molecule has 1 aliphatic heterocycles. The van der Waals surface area contributed by atoms with Crippen molar-refractivity contribution in [3.8, 4) is 0 Å². The maximum atomic E-state index is 10.0. The molecular weight excluding hydrogens is 356 g/mol. The van der Waals surface area contributed by atoms with Gasteiger partial charge in [0.05, 0.1) is 19.1 Å². The second-order valence-electron chi connectivity index (χ2n) is 8.18. The molecule has 0 fully saturated rings. The van der Waals surface area contributed by atoms with Gasteiger partial charge in [-0.25, -0.2) is 0 Å². The molecule has 5 nitrogen and oxygen atoms in total. The molecule has 0 saturated heterocycles. The highest BCUT2D eigenvalue weighted by Crippen LogP contribution is 2.18. The molecule has 1 unspecified atom stereocenters. The summed E-state index contributed by atoms with van der Waals surface area (Å²) in [6.45, 7) is 2.65. The first-order chi connectivity index (χ1) is 13.6. The summed E-state index contributed by atoms with van der Waals surface area (Å²) < 4.78 is 10.8. The Kier molecular flexibility index (Phi) is 15.4. The SMILES string of the molecule is CCCCCCCCCCCCCCC[C@@H](O)CCOC1CC(O)=C(O)CO1. The van der Waals surface area contributed by atoms with Crippen molar-refractivity contribution in [2.75, 3.05) is 13.2 Å². The Bertz CT molecular complexity index is 396. The van der Waals surface area contributed by atoms with E-state index in [0.29, 0.717) is 13.0 Å². The average Bonchev–Trinajstić information content (AvgIpc) is 2.68. The van der Waals surface area contributed by atoms with E-state index in [1.54, 1.807) is 0 Å². The Morgan fingerprint density at radius 2 is 1.36 bits per heavy atom. The molecule has 5 heteroatoms. The smallest absolute Gasteiger partial charge is 0.165 e. The predicted molar refractivity (Wildman–Crippen MR) is 114 cm³/mol. The van der Waals surface area contributed by atoms with E-state index in [1.807, 2.05) is 0 Å². The van der Waals surface area contributed by atoms with Crippen molar-refractivity contribution >= 4 is 0 Å². The molecule has 1 heterocycles. The van der Waals surface area contributed by atoms with Crippen molar-refractivity contribution in [1.29, 1.82) is 0 Å². The monoisotopic (exact) mass is 400 g/mol. The second kappa shape index (κ2) is 17.1. The summed E-state index contributed by atoms with van der Waals surface area (Å²) in [6.07, 6.45) is 18.0. The Morgan fingerprint density at radius 1 is 0.821 bits per heavy atom.